The molecule has 1 aliphatic heterocycles. The van der Waals surface area contributed by atoms with Crippen LogP contribution in [0.3, 0.4) is 0 Å². The van der Waals surface area contributed by atoms with Crippen LogP contribution in [0.1, 0.15) is 12.0 Å². The van der Waals surface area contributed by atoms with Crippen molar-refractivity contribution in [2.24, 2.45) is 0 Å². The summed E-state index contributed by atoms with van der Waals surface area (Å²) in [5.74, 6) is 1.65. The highest BCUT2D eigenvalue weighted by molar-refractivity contribution is 7.98. The lowest BCUT2D eigenvalue weighted by atomic mass is 10.1. The van der Waals surface area contributed by atoms with E-state index in [1.54, 1.807) is 12.1 Å². The van der Waals surface area contributed by atoms with Crippen LogP contribution in [-0.4, -0.2) is 65.5 Å². The molecule has 0 bridgehead atoms. The van der Waals surface area contributed by atoms with Gasteiger partial charge in [-0.25, -0.2) is 0 Å². The van der Waals surface area contributed by atoms with Gasteiger partial charge in [-0.2, -0.15) is 11.8 Å². The number of aromatic hydroxyl groups is 1. The van der Waals surface area contributed by atoms with Gasteiger partial charge in [-0.15, -0.1) is 0 Å². The van der Waals surface area contributed by atoms with Crippen LogP contribution in [0.5, 0.6) is 5.75 Å². The summed E-state index contributed by atoms with van der Waals surface area (Å²) in [6.45, 7) is 4.77. The molecule has 116 valence electrons. The number of hydrogen-bond donors (Lipinski definition) is 1. The fourth-order valence-corrected chi connectivity index (χ4v) is 3.00. The topological polar surface area (TPSA) is 43.8 Å². The van der Waals surface area contributed by atoms with E-state index in [0.29, 0.717) is 12.8 Å². The number of benzene rings is 1. The number of amides is 1. The Hall–Kier alpha value is -1.20. The minimum atomic E-state index is 0.225. The zero-order valence-corrected chi connectivity index (χ0v) is 13.4. The molecule has 0 unspecified atom stereocenters. The molecule has 0 saturated carbocycles. The first-order valence-electron chi connectivity index (χ1n) is 7.46. The highest BCUT2D eigenvalue weighted by atomic mass is 32.2. The van der Waals surface area contributed by atoms with Gasteiger partial charge in [-0.05, 0) is 30.4 Å². The lowest BCUT2D eigenvalue weighted by molar-refractivity contribution is -0.132. The van der Waals surface area contributed by atoms with Gasteiger partial charge in [0.2, 0.25) is 5.91 Å². The quantitative estimate of drug-likeness (QED) is 0.871. The van der Waals surface area contributed by atoms with Crippen LogP contribution in [0.25, 0.3) is 0 Å². The molecule has 0 aromatic heterocycles. The fraction of sp³-hybridized carbons (Fsp3) is 0.562. The average molecular weight is 308 g/mol. The van der Waals surface area contributed by atoms with Gasteiger partial charge in [0, 0.05) is 44.9 Å². The van der Waals surface area contributed by atoms with Crippen LogP contribution in [0.2, 0.25) is 0 Å². The van der Waals surface area contributed by atoms with Crippen LogP contribution in [-0.2, 0) is 11.2 Å². The summed E-state index contributed by atoms with van der Waals surface area (Å²) in [6.07, 6.45) is 3.34. The molecule has 1 N–H and O–H groups in total. The van der Waals surface area contributed by atoms with Crippen molar-refractivity contribution in [2.75, 3.05) is 44.7 Å². The zero-order chi connectivity index (χ0) is 15.1. The number of carbonyl (C=O) groups excluding carboxylic acids is 1. The summed E-state index contributed by atoms with van der Waals surface area (Å²) < 4.78 is 0. The molecule has 0 aliphatic carbocycles. The van der Waals surface area contributed by atoms with Crippen LogP contribution in [0.4, 0.5) is 0 Å². The van der Waals surface area contributed by atoms with Crippen LogP contribution in [0.15, 0.2) is 24.3 Å². The lowest BCUT2D eigenvalue weighted by Crippen LogP contribution is -2.49. The SMILES string of the molecule is CSCCN1CCN(C(=O)CCc2cccc(O)c2)CC1. The summed E-state index contributed by atoms with van der Waals surface area (Å²) >= 11 is 1.87. The number of nitrogens with zero attached hydrogens (tertiary/aromatic N) is 2. The minimum Gasteiger partial charge on any atom is -0.508 e. The number of hydrogen-bond acceptors (Lipinski definition) is 4. The van der Waals surface area contributed by atoms with E-state index < -0.39 is 0 Å². The Labute approximate surface area is 131 Å². The Kier molecular flexibility index (Phi) is 6.39. The van der Waals surface area contributed by atoms with E-state index in [1.165, 1.54) is 0 Å². The third kappa shape index (κ3) is 5.25. The molecule has 1 amide bonds. The summed E-state index contributed by atoms with van der Waals surface area (Å²) in [5, 5.41) is 9.42. The number of phenols is 1. The van der Waals surface area contributed by atoms with Crippen molar-refractivity contribution in [2.45, 2.75) is 12.8 Å². The highest BCUT2D eigenvalue weighted by Crippen LogP contribution is 2.13. The number of thioether (sulfide) groups is 1. The predicted octanol–water partition coefficient (Wildman–Crippen LogP) is 1.83. The molecule has 0 spiro atoms. The van der Waals surface area contributed by atoms with Crippen molar-refractivity contribution < 1.29 is 9.90 Å². The van der Waals surface area contributed by atoms with E-state index in [1.807, 2.05) is 28.8 Å². The van der Waals surface area contributed by atoms with E-state index in [0.717, 1.165) is 44.0 Å². The maximum absolute atomic E-state index is 12.2. The maximum atomic E-state index is 12.2. The van der Waals surface area contributed by atoms with Gasteiger partial charge in [-0.1, -0.05) is 12.1 Å². The summed E-state index contributed by atoms with van der Waals surface area (Å²) in [7, 11) is 0. The first-order chi connectivity index (χ1) is 10.2. The van der Waals surface area contributed by atoms with Crippen molar-refractivity contribution in [1.82, 2.24) is 9.80 Å². The van der Waals surface area contributed by atoms with Crippen molar-refractivity contribution >= 4 is 17.7 Å². The Morgan fingerprint density at radius 1 is 1.29 bits per heavy atom. The molecule has 0 atom stereocenters. The van der Waals surface area contributed by atoms with Gasteiger partial charge >= 0.3 is 0 Å². The van der Waals surface area contributed by atoms with E-state index >= 15 is 0 Å². The summed E-state index contributed by atoms with van der Waals surface area (Å²) in [6, 6.07) is 7.15. The Balaban J connectivity index is 1.72. The standard InChI is InChI=1S/C16H24N2O2S/c1-21-12-11-17-7-9-18(10-8-17)16(20)6-5-14-3-2-4-15(19)13-14/h2-4,13,19H,5-12H2,1H3. The molecule has 5 heteroatoms. The third-order valence-electron chi connectivity index (χ3n) is 3.87. The molecule has 1 heterocycles. The normalized spacial score (nSPS) is 16.1. The molecule has 1 fully saturated rings. The molecule has 2 rings (SSSR count). The Morgan fingerprint density at radius 2 is 2.05 bits per heavy atom. The second-order valence-corrected chi connectivity index (χ2v) is 6.37. The summed E-state index contributed by atoms with van der Waals surface area (Å²) in [4.78, 5) is 16.6. The second-order valence-electron chi connectivity index (χ2n) is 5.39. The van der Waals surface area contributed by atoms with E-state index in [9.17, 15) is 9.90 Å². The van der Waals surface area contributed by atoms with Crippen LogP contribution < -0.4 is 0 Å². The molecule has 1 aromatic rings. The number of rotatable bonds is 6. The van der Waals surface area contributed by atoms with Crippen LogP contribution in [0, 0.1) is 0 Å². The Bertz CT molecular complexity index is 459. The van der Waals surface area contributed by atoms with E-state index in [-0.39, 0.29) is 11.7 Å². The number of piperazine rings is 1. The largest absolute Gasteiger partial charge is 0.508 e. The molecule has 1 saturated heterocycles. The lowest BCUT2D eigenvalue weighted by Gasteiger charge is -2.34. The van der Waals surface area contributed by atoms with Crippen molar-refractivity contribution in [1.29, 1.82) is 0 Å². The van der Waals surface area contributed by atoms with E-state index in [4.69, 9.17) is 0 Å². The van der Waals surface area contributed by atoms with Gasteiger partial charge in [0.05, 0.1) is 0 Å². The van der Waals surface area contributed by atoms with Crippen molar-refractivity contribution in [3.8, 4) is 5.75 Å². The number of carbonyl (C=O) groups is 1. The molecule has 1 aliphatic rings. The summed E-state index contributed by atoms with van der Waals surface area (Å²) in [5.41, 5.74) is 1.02. The molecule has 21 heavy (non-hydrogen) atoms. The zero-order valence-electron chi connectivity index (χ0n) is 12.6. The smallest absolute Gasteiger partial charge is 0.222 e. The minimum absolute atomic E-state index is 0.225. The third-order valence-corrected chi connectivity index (χ3v) is 4.47. The van der Waals surface area contributed by atoms with Gasteiger partial charge in [0.15, 0.2) is 0 Å². The fourth-order valence-electron chi connectivity index (χ4n) is 2.56. The number of aryl methyl sites for hydroxylation is 1. The number of phenolic OH excluding ortho intramolecular Hbond substituents is 1. The monoisotopic (exact) mass is 308 g/mol. The predicted molar refractivity (Wildman–Crippen MR) is 87.8 cm³/mol. The van der Waals surface area contributed by atoms with Crippen LogP contribution >= 0.6 is 11.8 Å². The van der Waals surface area contributed by atoms with Gasteiger partial charge in [0.25, 0.3) is 0 Å². The van der Waals surface area contributed by atoms with Gasteiger partial charge in [-0.3, -0.25) is 9.69 Å². The second kappa shape index (κ2) is 8.29. The van der Waals surface area contributed by atoms with Gasteiger partial charge in [0.1, 0.15) is 5.75 Å². The van der Waals surface area contributed by atoms with E-state index in [2.05, 4.69) is 11.2 Å². The van der Waals surface area contributed by atoms with Crippen molar-refractivity contribution in [3.63, 3.8) is 0 Å². The average Bonchev–Trinajstić information content (AvgIpc) is 2.51. The Morgan fingerprint density at radius 3 is 2.71 bits per heavy atom. The first-order valence-corrected chi connectivity index (χ1v) is 8.85. The molecular weight excluding hydrogens is 284 g/mol. The maximum Gasteiger partial charge on any atom is 0.222 e. The first kappa shape index (κ1) is 16.2. The van der Waals surface area contributed by atoms with Gasteiger partial charge < -0.3 is 10.0 Å². The van der Waals surface area contributed by atoms with Crippen molar-refractivity contribution in [3.05, 3.63) is 29.8 Å². The highest BCUT2D eigenvalue weighted by Gasteiger charge is 2.20. The molecule has 4 nitrogen and oxygen atoms in total. The molecule has 0 radical (unpaired) electrons. The molecule has 1 aromatic carbocycles. The molecular formula is C16H24N2O2S.